The van der Waals surface area contributed by atoms with Gasteiger partial charge in [-0.1, -0.05) is 62.1 Å². The number of benzene rings is 2. The summed E-state index contributed by atoms with van der Waals surface area (Å²) in [5.74, 6) is 2.29. The number of rotatable bonds is 3. The zero-order valence-electron chi connectivity index (χ0n) is 13.6. The summed E-state index contributed by atoms with van der Waals surface area (Å²) in [6.07, 6.45) is 5.46. The molecule has 0 atom stereocenters. The van der Waals surface area contributed by atoms with Crippen molar-refractivity contribution in [1.82, 2.24) is 0 Å². The van der Waals surface area contributed by atoms with Gasteiger partial charge in [0.2, 0.25) is 0 Å². The molecule has 0 aliphatic heterocycles. The van der Waals surface area contributed by atoms with Gasteiger partial charge in [-0.05, 0) is 5.92 Å². The van der Waals surface area contributed by atoms with Gasteiger partial charge < -0.3 is 14.9 Å². The van der Waals surface area contributed by atoms with Crippen molar-refractivity contribution < 1.29 is 19.4 Å². The largest absolute Gasteiger partial charge is 0.120 e. The van der Waals surface area contributed by atoms with Crippen LogP contribution in [0.4, 0.5) is 0 Å². The Balaban J connectivity index is 0.00000106. The number of hydrogen-bond donors (Lipinski definition) is 0. The molecule has 22 heavy (non-hydrogen) atoms. The van der Waals surface area contributed by atoms with Crippen LogP contribution in [-0.4, -0.2) is 0 Å². The molecule has 0 aromatic heterocycles. The fourth-order valence-electron chi connectivity index (χ4n) is 3.09. The van der Waals surface area contributed by atoms with Gasteiger partial charge >= 0.3 is 28.7 Å². The van der Waals surface area contributed by atoms with Crippen LogP contribution in [0.5, 0.6) is 0 Å². The minimum Gasteiger partial charge on any atom is -0.120 e. The van der Waals surface area contributed by atoms with Crippen molar-refractivity contribution in [2.24, 2.45) is 5.92 Å². The van der Waals surface area contributed by atoms with Gasteiger partial charge in [0, 0.05) is 0 Å². The molecule has 0 bridgehead atoms. The van der Waals surface area contributed by atoms with E-state index in [1.165, 1.54) is 56.2 Å². The third-order valence-electron chi connectivity index (χ3n) is 3.93. The predicted octanol–water partition coefficient (Wildman–Crippen LogP) is 6.44. The van der Waals surface area contributed by atoms with E-state index in [9.17, 15) is 0 Å². The topological polar surface area (TPSA) is 0 Å². The summed E-state index contributed by atoms with van der Waals surface area (Å²) in [6, 6.07) is 21.8. The van der Waals surface area contributed by atoms with Crippen LogP contribution in [0.3, 0.4) is 0 Å². The minimum atomic E-state index is 0. The molecule has 0 amide bonds. The van der Waals surface area contributed by atoms with Crippen LogP contribution in [0.25, 0.3) is 0 Å². The molecule has 0 heterocycles. The van der Waals surface area contributed by atoms with Crippen LogP contribution in [0.1, 0.15) is 36.8 Å². The molecular formula is C20H25ClTi. The molecule has 3 rings (SSSR count). The van der Waals surface area contributed by atoms with E-state index in [2.05, 4.69) is 70.0 Å². The first-order chi connectivity index (χ1) is 9.95. The van der Waals surface area contributed by atoms with Crippen molar-refractivity contribution in [3.8, 4) is 0 Å². The van der Waals surface area contributed by atoms with Gasteiger partial charge in [0.25, 0.3) is 0 Å². The SMILES string of the molecule is [CH3-].[CH3-].[Cl][Ti+3].c1ccc([C-](c2ccccc2)C2CCCC2)cc1. The Kier molecular flexibility index (Phi) is 11.5. The van der Waals surface area contributed by atoms with Gasteiger partial charge in [-0.3, -0.25) is 0 Å². The van der Waals surface area contributed by atoms with Gasteiger partial charge in [0.15, 0.2) is 0 Å². The van der Waals surface area contributed by atoms with E-state index in [-0.39, 0.29) is 14.9 Å². The van der Waals surface area contributed by atoms with Crippen LogP contribution in [0.2, 0.25) is 0 Å². The van der Waals surface area contributed by atoms with Gasteiger partial charge in [-0.25, -0.2) is 0 Å². The Hall–Kier alpha value is -0.686. The summed E-state index contributed by atoms with van der Waals surface area (Å²) >= 11 is 1.47. The van der Waals surface area contributed by atoms with E-state index in [1.54, 1.807) is 5.92 Å². The van der Waals surface area contributed by atoms with E-state index < -0.39 is 0 Å². The second-order valence-corrected chi connectivity index (χ2v) is 5.13. The van der Waals surface area contributed by atoms with Crippen LogP contribution >= 0.6 is 9.30 Å². The van der Waals surface area contributed by atoms with E-state index in [0.717, 1.165) is 5.92 Å². The van der Waals surface area contributed by atoms with Crippen molar-refractivity contribution in [2.75, 3.05) is 0 Å². The Morgan fingerprint density at radius 1 is 0.727 bits per heavy atom. The van der Waals surface area contributed by atoms with Gasteiger partial charge in [-0.15, -0.1) is 41.3 Å². The summed E-state index contributed by atoms with van der Waals surface area (Å²) in [7, 11) is 4.64. The maximum absolute atomic E-state index is 4.64. The van der Waals surface area contributed by atoms with Crippen LogP contribution in [0, 0.1) is 26.7 Å². The molecule has 1 fully saturated rings. The summed E-state index contributed by atoms with van der Waals surface area (Å²) in [4.78, 5) is 0. The number of hydrogen-bond acceptors (Lipinski definition) is 0. The fourth-order valence-corrected chi connectivity index (χ4v) is 3.09. The second kappa shape index (κ2) is 11.8. The fraction of sp³-hybridized carbons (Fsp3) is 0.250. The Labute approximate surface area is 152 Å². The van der Waals surface area contributed by atoms with Crippen molar-refractivity contribution in [2.45, 2.75) is 25.7 Å². The summed E-state index contributed by atoms with van der Waals surface area (Å²) in [6.45, 7) is 0. The molecule has 2 aromatic carbocycles. The van der Waals surface area contributed by atoms with Gasteiger partial charge in [0.05, 0.1) is 0 Å². The molecule has 2 heteroatoms. The zero-order chi connectivity index (χ0) is 14.2. The molecule has 0 spiro atoms. The molecule has 0 radical (unpaired) electrons. The first-order valence-corrected chi connectivity index (χ1v) is 9.26. The van der Waals surface area contributed by atoms with Gasteiger partial charge in [-0.2, -0.15) is 0 Å². The average molecular weight is 349 g/mol. The Morgan fingerprint density at radius 3 is 1.45 bits per heavy atom. The summed E-state index contributed by atoms with van der Waals surface area (Å²) in [5, 5.41) is 0. The van der Waals surface area contributed by atoms with Crippen molar-refractivity contribution in [3.63, 3.8) is 0 Å². The minimum absolute atomic E-state index is 0. The zero-order valence-corrected chi connectivity index (χ0v) is 15.9. The predicted molar refractivity (Wildman–Crippen MR) is 95.0 cm³/mol. The quantitative estimate of drug-likeness (QED) is 0.442. The first-order valence-electron chi connectivity index (χ1n) is 7.12. The smallest absolute Gasteiger partial charge is 0.0438 e. The molecule has 116 valence electrons. The van der Waals surface area contributed by atoms with Crippen molar-refractivity contribution in [1.29, 1.82) is 0 Å². The number of halogens is 1. The molecule has 2 aromatic rings. The molecule has 0 saturated heterocycles. The molecule has 1 aliphatic carbocycles. The molecular weight excluding hydrogens is 324 g/mol. The van der Waals surface area contributed by atoms with Crippen LogP contribution in [0.15, 0.2) is 60.7 Å². The Bertz CT molecular complexity index is 438. The van der Waals surface area contributed by atoms with Crippen molar-refractivity contribution >= 4 is 9.30 Å². The summed E-state index contributed by atoms with van der Waals surface area (Å²) in [5.41, 5.74) is 2.80. The normalized spacial score (nSPS) is 13.2. The second-order valence-electron chi connectivity index (χ2n) is 5.13. The van der Waals surface area contributed by atoms with Crippen molar-refractivity contribution in [3.05, 3.63) is 92.6 Å². The molecule has 1 aliphatic rings. The van der Waals surface area contributed by atoms with E-state index in [1.807, 2.05) is 0 Å². The molecule has 0 N–H and O–H groups in total. The standard InChI is InChI=1S/C18H19.2CH3.ClH.Ti/c1-3-9-15(10-4-1)18(17-13-7-8-14-17)16-11-5-2-6-12-16;;;;/h1-6,9-12,17H,7-8,13-14H2;2*1H3;1H;/q3*-1;;+4/p-1. The average Bonchev–Trinajstić information content (AvgIpc) is 3.06. The molecule has 0 unspecified atom stereocenters. The monoisotopic (exact) mass is 348 g/mol. The van der Waals surface area contributed by atoms with E-state index in [4.69, 9.17) is 0 Å². The van der Waals surface area contributed by atoms with E-state index >= 15 is 0 Å². The molecule has 0 nitrogen and oxygen atoms in total. The maximum atomic E-state index is 4.64. The van der Waals surface area contributed by atoms with Crippen LogP contribution < -0.4 is 0 Å². The van der Waals surface area contributed by atoms with Gasteiger partial charge in [0.1, 0.15) is 0 Å². The summed E-state index contributed by atoms with van der Waals surface area (Å²) < 4.78 is 0. The maximum Gasteiger partial charge on any atom is -0.0438 e. The third kappa shape index (κ3) is 5.50. The Morgan fingerprint density at radius 2 is 1.09 bits per heavy atom. The third-order valence-corrected chi connectivity index (χ3v) is 3.93. The van der Waals surface area contributed by atoms with Crippen LogP contribution in [-0.2, 0) is 19.4 Å². The first kappa shape index (κ1) is 21.3. The molecule has 1 saturated carbocycles. The van der Waals surface area contributed by atoms with E-state index in [0.29, 0.717) is 0 Å².